The van der Waals surface area contributed by atoms with Gasteiger partial charge in [-0.2, -0.15) is 0 Å². The molecule has 0 spiro atoms. The van der Waals surface area contributed by atoms with Crippen LogP contribution in [0.2, 0.25) is 0 Å². The van der Waals surface area contributed by atoms with E-state index in [0.717, 1.165) is 57.9 Å². The summed E-state index contributed by atoms with van der Waals surface area (Å²) in [6.45, 7) is 23.3. The molecule has 0 aromatic heterocycles. The molecule has 4 nitrogen and oxygen atoms in total. The smallest absolute Gasteiger partial charge is 0.312 e. The third kappa shape index (κ3) is 4.75. The van der Waals surface area contributed by atoms with Crippen molar-refractivity contribution in [1.82, 2.24) is 4.90 Å². The average molecular weight is 594 g/mol. The quantitative estimate of drug-likeness (QED) is 0.168. The fourth-order valence-electron chi connectivity index (χ4n) is 13.2. The lowest BCUT2D eigenvalue weighted by Gasteiger charge is -2.72. The molecule has 6 aliphatic rings. The van der Waals surface area contributed by atoms with E-state index < -0.39 is 0 Å². The molecule has 43 heavy (non-hydrogen) atoms. The topological polar surface area (TPSA) is 46.6 Å². The van der Waals surface area contributed by atoms with Gasteiger partial charge in [-0.25, -0.2) is 0 Å². The first kappa shape index (κ1) is 31.8. The van der Waals surface area contributed by atoms with E-state index in [1.165, 1.54) is 63.6 Å². The lowest BCUT2D eigenvalue weighted by atomic mass is 9.32. The molecule has 1 heterocycles. The molecule has 6 fully saturated rings. The number of nitrogens with zero attached hydrogens (tertiary/aromatic N) is 1. The third-order valence-corrected chi connectivity index (χ3v) is 15.8. The van der Waals surface area contributed by atoms with Crippen molar-refractivity contribution in [3.8, 4) is 0 Å². The van der Waals surface area contributed by atoms with Crippen molar-refractivity contribution >= 4 is 11.8 Å². The summed E-state index contributed by atoms with van der Waals surface area (Å²) in [6.07, 6.45) is 17.0. The molecule has 1 saturated heterocycles. The monoisotopic (exact) mass is 593 g/mol. The Kier molecular flexibility index (Phi) is 8.34. The van der Waals surface area contributed by atoms with Gasteiger partial charge in [0, 0.05) is 11.8 Å². The summed E-state index contributed by atoms with van der Waals surface area (Å²) in [6, 6.07) is 0. The highest BCUT2D eigenvalue weighted by Crippen LogP contribution is 2.77. The van der Waals surface area contributed by atoms with Gasteiger partial charge in [0.05, 0.1) is 12.0 Å². The number of ketones is 1. The minimum atomic E-state index is -0.329. The van der Waals surface area contributed by atoms with Gasteiger partial charge in [0.15, 0.2) is 0 Å². The number of carbonyl (C=O) groups is 2. The molecule has 5 aliphatic carbocycles. The minimum absolute atomic E-state index is 0.122. The molecule has 1 aliphatic heterocycles. The number of carbonyl (C=O) groups excluding carboxylic acids is 2. The van der Waals surface area contributed by atoms with Crippen molar-refractivity contribution in [3.63, 3.8) is 0 Å². The van der Waals surface area contributed by atoms with E-state index in [9.17, 15) is 9.59 Å². The Balaban J connectivity index is 1.21. The molecule has 6 rings (SSSR count). The summed E-state index contributed by atoms with van der Waals surface area (Å²) in [5, 5.41) is 0. The molecule has 0 unspecified atom stereocenters. The van der Waals surface area contributed by atoms with E-state index in [1.807, 2.05) is 0 Å². The molecular formula is C39H63NO3. The highest BCUT2D eigenvalue weighted by molar-refractivity contribution is 5.85. The number of Topliss-reactive ketones (excluding diaryl/α,β-unsaturated/α-hetero) is 1. The number of likely N-dealkylation sites (tertiary alicyclic amines) is 1. The maximum Gasteiger partial charge on any atom is 0.312 e. The lowest BCUT2D eigenvalue weighted by Crippen LogP contribution is -2.66. The Bertz CT molecular complexity index is 1110. The first-order valence-electron chi connectivity index (χ1n) is 18.4. The first-order chi connectivity index (χ1) is 20.3. The number of piperidine rings is 1. The average Bonchev–Trinajstić information content (AvgIpc) is 3.37. The summed E-state index contributed by atoms with van der Waals surface area (Å²) in [7, 11) is 0. The Morgan fingerprint density at radius 3 is 2.33 bits per heavy atom. The normalized spacial score (nSPS) is 45.8. The van der Waals surface area contributed by atoms with Gasteiger partial charge in [-0.05, 0) is 156 Å². The summed E-state index contributed by atoms with van der Waals surface area (Å²) in [5.74, 6) is 3.07. The molecule has 0 amide bonds. The van der Waals surface area contributed by atoms with Crippen LogP contribution in [0, 0.1) is 56.7 Å². The second kappa shape index (κ2) is 11.3. The lowest BCUT2D eigenvalue weighted by molar-refractivity contribution is -0.236. The maximum absolute atomic E-state index is 14.2. The van der Waals surface area contributed by atoms with Crippen LogP contribution in [-0.2, 0) is 14.3 Å². The largest absolute Gasteiger partial charge is 0.465 e. The number of unbranched alkanes of at least 4 members (excludes halogenated alkanes) is 1. The van der Waals surface area contributed by atoms with Crippen molar-refractivity contribution in [1.29, 1.82) is 0 Å². The molecule has 9 atom stereocenters. The van der Waals surface area contributed by atoms with E-state index in [1.54, 1.807) is 0 Å². The van der Waals surface area contributed by atoms with Crippen LogP contribution in [0.3, 0.4) is 0 Å². The Hall–Kier alpha value is -1.16. The number of fused-ring (bicyclic) bond motifs is 7. The van der Waals surface area contributed by atoms with Crippen LogP contribution in [0.25, 0.3) is 0 Å². The molecule has 4 heteroatoms. The number of hydrogen-bond acceptors (Lipinski definition) is 4. The first-order valence-corrected chi connectivity index (χ1v) is 18.4. The second-order valence-electron chi connectivity index (χ2n) is 17.7. The summed E-state index contributed by atoms with van der Waals surface area (Å²) in [4.78, 5) is 29.9. The van der Waals surface area contributed by atoms with Crippen molar-refractivity contribution in [2.24, 2.45) is 56.7 Å². The zero-order valence-corrected chi connectivity index (χ0v) is 28.7. The van der Waals surface area contributed by atoms with Crippen LogP contribution in [-0.4, -0.2) is 42.9 Å². The van der Waals surface area contributed by atoms with Gasteiger partial charge in [-0.3, -0.25) is 9.59 Å². The van der Waals surface area contributed by atoms with E-state index >= 15 is 0 Å². The van der Waals surface area contributed by atoms with E-state index in [2.05, 4.69) is 53.0 Å². The van der Waals surface area contributed by atoms with Crippen LogP contribution in [0.15, 0.2) is 12.2 Å². The Morgan fingerprint density at radius 2 is 1.60 bits per heavy atom. The van der Waals surface area contributed by atoms with E-state index in [4.69, 9.17) is 4.74 Å². The van der Waals surface area contributed by atoms with Gasteiger partial charge in [0.25, 0.3) is 0 Å². The number of esters is 1. The predicted molar refractivity (Wildman–Crippen MR) is 174 cm³/mol. The van der Waals surface area contributed by atoms with Crippen molar-refractivity contribution < 1.29 is 14.3 Å². The van der Waals surface area contributed by atoms with Crippen molar-refractivity contribution in [3.05, 3.63) is 12.2 Å². The third-order valence-electron chi connectivity index (χ3n) is 15.8. The second-order valence-corrected chi connectivity index (χ2v) is 17.7. The SMILES string of the molecule is C=C(C)[C@@H]1CC[C@]2(C(=O)OCCCCN3CCCCC3)CC[C@]3(C)[C@H](CC[C@@H]4[C@@]5(C)CCC(=O)C(C)(C)[C@@H]5CC[C@]43C)[C@@H]12. The summed E-state index contributed by atoms with van der Waals surface area (Å²) < 4.78 is 6.25. The van der Waals surface area contributed by atoms with Gasteiger partial charge in [0.1, 0.15) is 5.78 Å². The van der Waals surface area contributed by atoms with E-state index in [-0.39, 0.29) is 33.0 Å². The minimum Gasteiger partial charge on any atom is -0.465 e. The highest BCUT2D eigenvalue weighted by atomic mass is 16.5. The van der Waals surface area contributed by atoms with Gasteiger partial charge >= 0.3 is 5.97 Å². The van der Waals surface area contributed by atoms with Gasteiger partial charge in [-0.1, -0.05) is 53.2 Å². The molecule has 5 saturated carbocycles. The maximum atomic E-state index is 14.2. The van der Waals surface area contributed by atoms with Gasteiger partial charge in [0.2, 0.25) is 0 Å². The molecule has 0 aromatic carbocycles. The molecule has 0 radical (unpaired) electrons. The standard InChI is InChI=1S/C39H63NO3/c1-27(2)28-15-20-39(34(42)43-26-12-11-25-40-23-9-8-10-24-40)22-21-37(6)29(33(28)39)13-14-31-36(5)18-17-32(41)35(3,4)30(36)16-19-38(31,37)7/h28-31,33H,1,8-26H2,2-7H3/t28-,29+,30-,31+,33+,36-,37+,38+,39-/m0/s1. The Morgan fingerprint density at radius 1 is 0.860 bits per heavy atom. The number of ether oxygens (including phenoxy) is 1. The fraction of sp³-hybridized carbons (Fsp3) is 0.897. The van der Waals surface area contributed by atoms with Crippen LogP contribution in [0.5, 0.6) is 0 Å². The molecular weight excluding hydrogens is 530 g/mol. The zero-order valence-electron chi connectivity index (χ0n) is 28.7. The predicted octanol–water partition coefficient (Wildman–Crippen LogP) is 9.02. The van der Waals surface area contributed by atoms with E-state index in [0.29, 0.717) is 42.0 Å². The van der Waals surface area contributed by atoms with Gasteiger partial charge < -0.3 is 9.64 Å². The molecule has 0 bridgehead atoms. The van der Waals surface area contributed by atoms with Crippen LogP contribution >= 0.6 is 0 Å². The fourth-order valence-corrected chi connectivity index (χ4v) is 13.2. The Labute approximate surface area is 263 Å². The van der Waals surface area contributed by atoms with Crippen LogP contribution in [0.4, 0.5) is 0 Å². The zero-order chi connectivity index (χ0) is 30.8. The van der Waals surface area contributed by atoms with Crippen molar-refractivity contribution in [2.75, 3.05) is 26.2 Å². The van der Waals surface area contributed by atoms with Crippen LogP contribution < -0.4 is 0 Å². The number of rotatable bonds is 7. The van der Waals surface area contributed by atoms with Gasteiger partial charge in [-0.15, -0.1) is 0 Å². The molecule has 0 aromatic rings. The molecule has 242 valence electrons. The summed E-state index contributed by atoms with van der Waals surface area (Å²) >= 11 is 0. The summed E-state index contributed by atoms with van der Waals surface area (Å²) in [5.41, 5.74) is 1.41. The number of allylic oxidation sites excluding steroid dienone is 1. The molecule has 0 N–H and O–H groups in total. The van der Waals surface area contributed by atoms with Crippen LogP contribution in [0.1, 0.15) is 138 Å². The number of hydrogen-bond donors (Lipinski definition) is 0. The van der Waals surface area contributed by atoms with Crippen molar-refractivity contribution in [2.45, 2.75) is 138 Å². The highest BCUT2D eigenvalue weighted by Gasteiger charge is 2.72.